The number of amides is 2. The van der Waals surface area contributed by atoms with Crippen molar-refractivity contribution in [3.8, 4) is 0 Å². The van der Waals surface area contributed by atoms with Crippen LogP contribution in [0.4, 0.5) is 14.5 Å². The summed E-state index contributed by atoms with van der Waals surface area (Å²) < 4.78 is 31.9. The van der Waals surface area contributed by atoms with E-state index in [1.165, 1.54) is 18.7 Å². The second kappa shape index (κ2) is 10.8. The Morgan fingerprint density at radius 2 is 1.50 bits per heavy atom. The fourth-order valence-electron chi connectivity index (χ4n) is 6.09. The van der Waals surface area contributed by atoms with Gasteiger partial charge in [-0.05, 0) is 92.7 Å². The van der Waals surface area contributed by atoms with Crippen LogP contribution in [0.1, 0.15) is 68.4 Å². The van der Waals surface area contributed by atoms with Crippen molar-refractivity contribution < 1.29 is 27.9 Å². The third-order valence-electron chi connectivity index (χ3n) is 8.71. The van der Waals surface area contributed by atoms with Gasteiger partial charge in [0.05, 0.1) is 18.4 Å². The summed E-state index contributed by atoms with van der Waals surface area (Å²) in [6.45, 7) is 1.44. The largest absolute Gasteiger partial charge is 0.469 e. The number of carbonyl (C=O) groups excluding carboxylic acids is 3. The number of esters is 1. The fourth-order valence-corrected chi connectivity index (χ4v) is 6.09. The minimum absolute atomic E-state index is 0.00323. The van der Waals surface area contributed by atoms with Crippen LogP contribution >= 0.6 is 0 Å². The Hall–Kier alpha value is -3.29. The monoisotopic (exact) mass is 524 g/mol. The third kappa shape index (κ3) is 5.31. The number of benzene rings is 2. The molecule has 5 rings (SSSR count). The molecular weight excluding hydrogens is 490 g/mol. The summed E-state index contributed by atoms with van der Waals surface area (Å²) in [6.07, 6.45) is 5.88. The first-order chi connectivity index (χ1) is 18.3. The van der Waals surface area contributed by atoms with E-state index in [9.17, 15) is 23.2 Å². The number of hydrogen-bond acceptors (Lipinski definition) is 4. The minimum atomic E-state index is -0.940. The molecule has 1 saturated heterocycles. The van der Waals surface area contributed by atoms with E-state index in [1.54, 1.807) is 0 Å². The number of nitrogens with one attached hydrogen (secondary N) is 1. The van der Waals surface area contributed by atoms with Crippen LogP contribution in [-0.2, 0) is 24.5 Å². The van der Waals surface area contributed by atoms with Crippen LogP contribution in [0.5, 0.6) is 0 Å². The van der Waals surface area contributed by atoms with Crippen molar-refractivity contribution >= 4 is 23.5 Å². The summed E-state index contributed by atoms with van der Waals surface area (Å²) in [4.78, 5) is 39.8. The predicted octanol–water partition coefficient (Wildman–Crippen LogP) is 5.32. The zero-order valence-corrected chi connectivity index (χ0v) is 21.7. The highest BCUT2D eigenvalue weighted by molar-refractivity contribution is 6.01. The van der Waals surface area contributed by atoms with Crippen molar-refractivity contribution in [1.82, 2.24) is 4.90 Å². The Morgan fingerprint density at radius 1 is 0.868 bits per heavy atom. The molecule has 2 amide bonds. The Morgan fingerprint density at radius 3 is 2.08 bits per heavy atom. The molecule has 0 aromatic heterocycles. The second-order valence-electron chi connectivity index (χ2n) is 11.0. The third-order valence-corrected chi connectivity index (χ3v) is 8.71. The van der Waals surface area contributed by atoms with Gasteiger partial charge in [-0.3, -0.25) is 14.4 Å². The van der Waals surface area contributed by atoms with Gasteiger partial charge >= 0.3 is 5.97 Å². The van der Waals surface area contributed by atoms with Crippen molar-refractivity contribution in [2.24, 2.45) is 11.8 Å². The molecule has 0 radical (unpaired) electrons. The summed E-state index contributed by atoms with van der Waals surface area (Å²) >= 11 is 0. The quantitative estimate of drug-likeness (QED) is 0.519. The molecular formula is C30H34F2N2O4. The molecule has 0 atom stereocenters. The Bertz CT molecular complexity index is 1200. The molecule has 38 heavy (non-hydrogen) atoms. The molecule has 1 N–H and O–H groups in total. The molecule has 0 unspecified atom stereocenters. The van der Waals surface area contributed by atoms with Crippen molar-refractivity contribution in [1.29, 1.82) is 0 Å². The number of hydrogen-bond donors (Lipinski definition) is 1. The summed E-state index contributed by atoms with van der Waals surface area (Å²) in [5.41, 5.74) is 1.55. The van der Waals surface area contributed by atoms with Crippen molar-refractivity contribution in [2.75, 3.05) is 25.5 Å². The second-order valence-corrected chi connectivity index (χ2v) is 11.0. The maximum atomic E-state index is 13.7. The predicted molar refractivity (Wildman–Crippen MR) is 138 cm³/mol. The molecule has 2 aromatic carbocycles. The van der Waals surface area contributed by atoms with Gasteiger partial charge in [0.15, 0.2) is 11.6 Å². The summed E-state index contributed by atoms with van der Waals surface area (Å²) in [6, 6.07) is 11.5. The standard InChI is InChI=1S/C30H34F2N2O4/c1-38-28(36)22-4-2-21(3-5-22)27(35)34-16-12-20(13-17-34)19-6-9-24(10-7-19)33-29(37)30(14-15-30)23-8-11-25(31)26(32)18-23/h6-11,18,20-22H,2-5,12-17H2,1H3,(H,33,37). The molecule has 3 fully saturated rings. The van der Waals surface area contributed by atoms with Crippen LogP contribution in [0.3, 0.4) is 0 Å². The number of halogens is 2. The van der Waals surface area contributed by atoms with E-state index in [4.69, 9.17) is 4.74 Å². The van der Waals surface area contributed by atoms with Crippen LogP contribution < -0.4 is 5.32 Å². The normalized spacial score (nSPS) is 23.0. The molecule has 2 aliphatic carbocycles. The Kier molecular flexibility index (Phi) is 7.50. The number of nitrogens with zero attached hydrogens (tertiary/aromatic N) is 1. The van der Waals surface area contributed by atoms with E-state index in [1.807, 2.05) is 29.2 Å². The lowest BCUT2D eigenvalue weighted by atomic mass is 9.80. The summed E-state index contributed by atoms with van der Waals surface area (Å²) in [7, 11) is 1.41. The van der Waals surface area contributed by atoms with Crippen LogP contribution in [0.25, 0.3) is 0 Å². The maximum Gasteiger partial charge on any atom is 0.308 e. The minimum Gasteiger partial charge on any atom is -0.469 e. The van der Waals surface area contributed by atoms with Crippen LogP contribution in [0.15, 0.2) is 42.5 Å². The number of likely N-dealkylation sites (tertiary alicyclic amines) is 1. The number of carbonyl (C=O) groups is 3. The van der Waals surface area contributed by atoms with Gasteiger partial charge in [0.2, 0.25) is 11.8 Å². The van der Waals surface area contributed by atoms with E-state index in [0.717, 1.165) is 50.9 Å². The van der Waals surface area contributed by atoms with Gasteiger partial charge in [-0.2, -0.15) is 0 Å². The van der Waals surface area contributed by atoms with E-state index >= 15 is 0 Å². The number of methoxy groups -OCH3 is 1. The van der Waals surface area contributed by atoms with Crippen LogP contribution in [0.2, 0.25) is 0 Å². The molecule has 0 bridgehead atoms. The van der Waals surface area contributed by atoms with Gasteiger partial charge in [-0.25, -0.2) is 8.78 Å². The highest BCUT2D eigenvalue weighted by atomic mass is 19.2. The molecule has 0 spiro atoms. The topological polar surface area (TPSA) is 75.7 Å². The first-order valence-electron chi connectivity index (χ1n) is 13.5. The number of rotatable bonds is 6. The molecule has 202 valence electrons. The SMILES string of the molecule is COC(=O)C1CCC(C(=O)N2CCC(c3ccc(NC(=O)C4(c5ccc(F)c(F)c5)CC4)cc3)CC2)CC1. The average molecular weight is 525 g/mol. The number of piperidine rings is 1. The fraction of sp³-hybridized carbons (Fsp3) is 0.500. The summed E-state index contributed by atoms with van der Waals surface area (Å²) in [5, 5.41) is 2.94. The average Bonchev–Trinajstić information content (AvgIpc) is 3.77. The van der Waals surface area contributed by atoms with Crippen molar-refractivity contribution in [3.63, 3.8) is 0 Å². The summed E-state index contributed by atoms with van der Waals surface area (Å²) in [5.74, 6) is -1.76. The van der Waals surface area contributed by atoms with Gasteiger partial charge in [0.25, 0.3) is 0 Å². The molecule has 6 nitrogen and oxygen atoms in total. The van der Waals surface area contributed by atoms with Gasteiger partial charge < -0.3 is 15.0 Å². The molecule has 1 aliphatic heterocycles. The van der Waals surface area contributed by atoms with Gasteiger partial charge in [0, 0.05) is 24.7 Å². The van der Waals surface area contributed by atoms with E-state index in [0.29, 0.717) is 42.9 Å². The van der Waals surface area contributed by atoms with Gasteiger partial charge in [-0.15, -0.1) is 0 Å². The first kappa shape index (κ1) is 26.3. The molecule has 1 heterocycles. The highest BCUT2D eigenvalue weighted by Crippen LogP contribution is 2.49. The van der Waals surface area contributed by atoms with Gasteiger partial charge in [-0.1, -0.05) is 18.2 Å². The highest BCUT2D eigenvalue weighted by Gasteiger charge is 2.51. The maximum absolute atomic E-state index is 13.7. The number of ether oxygens (including phenoxy) is 1. The Labute approximate surface area is 221 Å². The van der Waals surface area contributed by atoms with Crippen molar-refractivity contribution in [2.45, 2.75) is 62.7 Å². The van der Waals surface area contributed by atoms with Crippen LogP contribution in [-0.4, -0.2) is 42.9 Å². The lowest BCUT2D eigenvalue weighted by molar-refractivity contribution is -0.148. The number of anilines is 1. The van der Waals surface area contributed by atoms with Gasteiger partial charge in [0.1, 0.15) is 0 Å². The first-order valence-corrected chi connectivity index (χ1v) is 13.5. The lowest BCUT2D eigenvalue weighted by Gasteiger charge is -2.36. The smallest absolute Gasteiger partial charge is 0.308 e. The van der Waals surface area contributed by atoms with E-state index < -0.39 is 17.0 Å². The zero-order valence-electron chi connectivity index (χ0n) is 21.7. The molecule has 2 aromatic rings. The van der Waals surface area contributed by atoms with Crippen LogP contribution in [0, 0.1) is 23.5 Å². The lowest BCUT2D eigenvalue weighted by Crippen LogP contribution is -2.42. The molecule has 3 aliphatic rings. The van der Waals surface area contributed by atoms with Crippen molar-refractivity contribution in [3.05, 3.63) is 65.2 Å². The molecule has 8 heteroatoms. The Balaban J connectivity index is 1.12. The van der Waals surface area contributed by atoms with E-state index in [2.05, 4.69) is 5.32 Å². The van der Waals surface area contributed by atoms with E-state index in [-0.39, 0.29) is 29.6 Å². The zero-order chi connectivity index (χ0) is 26.9. The molecule has 2 saturated carbocycles.